The molecule has 1 saturated heterocycles. The number of rotatable bonds is 4. The average molecular weight is 258 g/mol. The maximum absolute atomic E-state index is 12.0. The maximum atomic E-state index is 12.0. The highest BCUT2D eigenvalue weighted by atomic mass is 16.4. The van der Waals surface area contributed by atoms with Crippen LogP contribution in [0.1, 0.15) is 33.6 Å². The zero-order valence-electron chi connectivity index (χ0n) is 11.1. The molecule has 0 spiro atoms. The third-order valence-electron chi connectivity index (χ3n) is 3.16. The van der Waals surface area contributed by atoms with Crippen LogP contribution in [0.2, 0.25) is 0 Å². The molecule has 0 aromatic carbocycles. The molecule has 1 aliphatic heterocycles. The number of aliphatic hydroxyl groups is 1. The zero-order valence-corrected chi connectivity index (χ0v) is 11.1. The summed E-state index contributed by atoms with van der Waals surface area (Å²) in [4.78, 5) is 22.8. The molecule has 3 unspecified atom stereocenters. The van der Waals surface area contributed by atoms with Gasteiger partial charge in [0.2, 0.25) is 5.91 Å². The molecule has 1 rings (SSSR count). The molecule has 0 bridgehead atoms. The van der Waals surface area contributed by atoms with Crippen LogP contribution in [0.3, 0.4) is 0 Å². The Bertz CT molecular complexity index is 325. The zero-order chi connectivity index (χ0) is 13.9. The van der Waals surface area contributed by atoms with Crippen LogP contribution in [0.4, 0.5) is 0 Å². The lowest BCUT2D eigenvalue weighted by molar-refractivity contribution is -0.138. The molecule has 3 atom stereocenters. The molecule has 0 aromatic rings. The summed E-state index contributed by atoms with van der Waals surface area (Å²) in [6, 6.07) is -0.860. The first-order valence-electron chi connectivity index (χ1n) is 6.13. The largest absolute Gasteiger partial charge is 0.481 e. The second kappa shape index (κ2) is 5.67. The van der Waals surface area contributed by atoms with Crippen molar-refractivity contribution in [1.82, 2.24) is 10.6 Å². The quantitative estimate of drug-likeness (QED) is 0.555. The summed E-state index contributed by atoms with van der Waals surface area (Å²) in [5.74, 6) is -1.18. The van der Waals surface area contributed by atoms with E-state index in [2.05, 4.69) is 10.6 Å². The fourth-order valence-corrected chi connectivity index (χ4v) is 1.94. The van der Waals surface area contributed by atoms with Gasteiger partial charge in [-0.3, -0.25) is 9.59 Å². The molecule has 6 nitrogen and oxygen atoms in total. The number of nitrogens with one attached hydrogen (secondary N) is 2. The first-order valence-corrected chi connectivity index (χ1v) is 6.13. The number of aliphatic carboxylic acids is 1. The minimum absolute atomic E-state index is 0.107. The van der Waals surface area contributed by atoms with E-state index in [0.29, 0.717) is 13.0 Å². The Morgan fingerprint density at radius 1 is 1.44 bits per heavy atom. The van der Waals surface area contributed by atoms with Gasteiger partial charge in [-0.2, -0.15) is 0 Å². The number of β-amino-alcohol motifs (C(OH)–C–C–N with tert-alkyl or cyclic N) is 1. The third kappa shape index (κ3) is 4.27. The first-order chi connectivity index (χ1) is 8.20. The molecule has 6 heteroatoms. The van der Waals surface area contributed by atoms with Crippen LogP contribution in [0.15, 0.2) is 0 Å². The predicted molar refractivity (Wildman–Crippen MR) is 66.1 cm³/mol. The number of hydrogen-bond donors (Lipinski definition) is 4. The van der Waals surface area contributed by atoms with Crippen molar-refractivity contribution in [1.29, 1.82) is 0 Å². The molecule has 1 aliphatic rings. The van der Waals surface area contributed by atoms with Gasteiger partial charge in [-0.1, -0.05) is 20.8 Å². The summed E-state index contributed by atoms with van der Waals surface area (Å²) in [5, 5.41) is 23.9. The molecule has 0 aromatic heterocycles. The number of amides is 1. The van der Waals surface area contributed by atoms with Gasteiger partial charge in [0.1, 0.15) is 0 Å². The number of hydrogen-bond acceptors (Lipinski definition) is 4. The summed E-state index contributed by atoms with van der Waals surface area (Å²) in [6.45, 7) is 6.06. The van der Waals surface area contributed by atoms with Crippen molar-refractivity contribution in [3.8, 4) is 0 Å². The van der Waals surface area contributed by atoms with Crippen LogP contribution in [-0.2, 0) is 9.59 Å². The second-order valence-electron chi connectivity index (χ2n) is 5.88. The lowest BCUT2D eigenvalue weighted by atomic mass is 9.84. The van der Waals surface area contributed by atoms with Crippen molar-refractivity contribution < 1.29 is 19.8 Å². The van der Waals surface area contributed by atoms with Gasteiger partial charge in [-0.25, -0.2) is 0 Å². The second-order valence-corrected chi connectivity index (χ2v) is 5.88. The van der Waals surface area contributed by atoms with Crippen molar-refractivity contribution in [2.24, 2.45) is 5.41 Å². The summed E-state index contributed by atoms with van der Waals surface area (Å²) in [7, 11) is 0. The van der Waals surface area contributed by atoms with E-state index in [1.54, 1.807) is 0 Å². The number of carbonyl (C=O) groups is 2. The highest BCUT2D eigenvalue weighted by Crippen LogP contribution is 2.22. The molecule has 0 aliphatic carbocycles. The number of carbonyl (C=O) groups excluding carboxylic acids is 1. The Balaban J connectivity index is 2.60. The summed E-state index contributed by atoms with van der Waals surface area (Å²) < 4.78 is 0. The van der Waals surface area contributed by atoms with Gasteiger partial charge in [0.05, 0.1) is 18.6 Å². The van der Waals surface area contributed by atoms with E-state index in [4.69, 9.17) is 5.11 Å². The molecular formula is C12H22N2O4. The lowest BCUT2D eigenvalue weighted by Gasteiger charge is -2.31. The van der Waals surface area contributed by atoms with Gasteiger partial charge >= 0.3 is 5.97 Å². The fraction of sp³-hybridized carbons (Fsp3) is 0.833. The van der Waals surface area contributed by atoms with Gasteiger partial charge < -0.3 is 20.8 Å². The van der Waals surface area contributed by atoms with Crippen LogP contribution in [-0.4, -0.2) is 46.8 Å². The molecule has 18 heavy (non-hydrogen) atoms. The summed E-state index contributed by atoms with van der Waals surface area (Å²) in [6.07, 6.45) is -0.242. The number of carboxylic acid groups (broad SMARTS) is 1. The molecule has 0 saturated carbocycles. The van der Waals surface area contributed by atoms with E-state index in [1.807, 2.05) is 20.8 Å². The molecule has 1 fully saturated rings. The topological polar surface area (TPSA) is 98.7 Å². The normalized spacial score (nSPS) is 25.8. The van der Waals surface area contributed by atoms with Crippen molar-refractivity contribution in [2.75, 3.05) is 6.54 Å². The maximum Gasteiger partial charge on any atom is 0.305 e. The minimum Gasteiger partial charge on any atom is -0.481 e. The van der Waals surface area contributed by atoms with E-state index in [1.165, 1.54) is 0 Å². The number of aliphatic hydroxyl groups excluding tert-OH is 1. The smallest absolute Gasteiger partial charge is 0.305 e. The Hall–Kier alpha value is -1.14. The SMILES string of the molecule is CC(C)(C)C(CC(=O)O)NC(=O)C1CC(O)CN1. The van der Waals surface area contributed by atoms with Crippen LogP contribution in [0, 0.1) is 5.41 Å². The third-order valence-corrected chi connectivity index (χ3v) is 3.16. The fourth-order valence-electron chi connectivity index (χ4n) is 1.94. The molecule has 104 valence electrons. The Kier molecular flexibility index (Phi) is 4.70. The van der Waals surface area contributed by atoms with Crippen molar-refractivity contribution in [3.05, 3.63) is 0 Å². The van der Waals surface area contributed by atoms with E-state index in [9.17, 15) is 14.7 Å². The highest BCUT2D eigenvalue weighted by Gasteiger charge is 2.33. The van der Waals surface area contributed by atoms with Crippen molar-refractivity contribution in [2.45, 2.75) is 51.8 Å². The standard InChI is InChI=1S/C12H22N2O4/c1-12(2,3)9(5-10(16)17)14-11(18)8-4-7(15)6-13-8/h7-9,13,15H,4-6H2,1-3H3,(H,14,18)(H,16,17). The van der Waals surface area contributed by atoms with E-state index >= 15 is 0 Å². The van der Waals surface area contributed by atoms with Gasteiger partial charge in [0.25, 0.3) is 0 Å². The summed E-state index contributed by atoms with van der Waals surface area (Å²) >= 11 is 0. The van der Waals surface area contributed by atoms with Gasteiger partial charge in [0, 0.05) is 12.6 Å². The van der Waals surface area contributed by atoms with E-state index in [-0.39, 0.29) is 17.7 Å². The van der Waals surface area contributed by atoms with Crippen molar-refractivity contribution >= 4 is 11.9 Å². The van der Waals surface area contributed by atoms with Gasteiger partial charge in [-0.15, -0.1) is 0 Å². The molecule has 4 N–H and O–H groups in total. The number of carboxylic acids is 1. The Morgan fingerprint density at radius 3 is 2.44 bits per heavy atom. The monoisotopic (exact) mass is 258 g/mol. The van der Waals surface area contributed by atoms with Gasteiger partial charge in [-0.05, 0) is 11.8 Å². The molecular weight excluding hydrogens is 236 g/mol. The van der Waals surface area contributed by atoms with Gasteiger partial charge in [0.15, 0.2) is 0 Å². The highest BCUT2D eigenvalue weighted by molar-refractivity contribution is 5.83. The predicted octanol–water partition coefficient (Wildman–Crippen LogP) is -0.285. The minimum atomic E-state index is -0.936. The van der Waals surface area contributed by atoms with Crippen LogP contribution >= 0.6 is 0 Å². The van der Waals surface area contributed by atoms with E-state index in [0.717, 1.165) is 0 Å². The Morgan fingerprint density at radius 2 is 2.06 bits per heavy atom. The van der Waals surface area contributed by atoms with Crippen LogP contribution < -0.4 is 10.6 Å². The summed E-state index contributed by atoms with van der Waals surface area (Å²) in [5.41, 5.74) is -0.328. The average Bonchev–Trinajstić information content (AvgIpc) is 2.61. The first kappa shape index (κ1) is 14.9. The van der Waals surface area contributed by atoms with Crippen molar-refractivity contribution in [3.63, 3.8) is 0 Å². The molecule has 1 amide bonds. The lowest BCUT2D eigenvalue weighted by Crippen LogP contribution is -2.50. The van der Waals surface area contributed by atoms with E-state index < -0.39 is 24.2 Å². The van der Waals surface area contributed by atoms with Crippen LogP contribution in [0.25, 0.3) is 0 Å². The van der Waals surface area contributed by atoms with Crippen LogP contribution in [0.5, 0.6) is 0 Å². The Labute approximate surface area is 107 Å². The molecule has 0 radical (unpaired) electrons. The molecule has 1 heterocycles.